The Morgan fingerprint density at radius 3 is 2.67 bits per heavy atom. The van der Waals surface area contributed by atoms with Crippen LogP contribution in [-0.2, 0) is 5.54 Å². The van der Waals surface area contributed by atoms with E-state index < -0.39 is 0 Å². The van der Waals surface area contributed by atoms with E-state index in [2.05, 4.69) is 25.2 Å². The molecule has 1 N–H and O–H groups in total. The lowest BCUT2D eigenvalue weighted by Crippen LogP contribution is -2.30. The number of nitrogens with zero attached hydrogens (tertiary/aromatic N) is 1. The highest BCUT2D eigenvalue weighted by Crippen LogP contribution is 2.48. The number of fused-ring (bicyclic) bond motifs is 3. The third-order valence-corrected chi connectivity index (χ3v) is 7.02. The lowest BCUT2D eigenvalue weighted by Gasteiger charge is -2.33. The molecule has 0 atom stereocenters. The van der Waals surface area contributed by atoms with Crippen molar-refractivity contribution in [1.82, 2.24) is 3.96 Å². The van der Waals surface area contributed by atoms with Crippen molar-refractivity contribution >= 4 is 52.6 Å². The number of halogens is 2. The van der Waals surface area contributed by atoms with E-state index in [1.54, 1.807) is 17.6 Å². The highest BCUT2D eigenvalue weighted by atomic mass is 35.5. The first kappa shape index (κ1) is 18.8. The molecule has 2 aromatic carbocycles. The molecular formula is C20H18Cl2N2OS2. The normalized spacial score (nSPS) is 14.3. The van der Waals surface area contributed by atoms with Gasteiger partial charge in [0, 0.05) is 27.9 Å². The molecule has 27 heavy (non-hydrogen) atoms. The van der Waals surface area contributed by atoms with Crippen LogP contribution in [0.2, 0.25) is 10.0 Å². The Hall–Kier alpha value is -1.53. The van der Waals surface area contributed by atoms with Gasteiger partial charge in [-0.1, -0.05) is 47.0 Å². The van der Waals surface area contributed by atoms with Gasteiger partial charge in [0.05, 0.1) is 27.7 Å². The van der Waals surface area contributed by atoms with Crippen LogP contribution in [0.1, 0.15) is 25.6 Å². The van der Waals surface area contributed by atoms with Gasteiger partial charge in [0.1, 0.15) is 10.4 Å². The van der Waals surface area contributed by atoms with Gasteiger partial charge in [0.25, 0.3) is 0 Å². The van der Waals surface area contributed by atoms with Crippen molar-refractivity contribution in [2.75, 3.05) is 11.9 Å². The highest BCUT2D eigenvalue weighted by molar-refractivity contribution is 7.71. The maximum Gasteiger partial charge on any atom is 0.129 e. The van der Waals surface area contributed by atoms with Gasteiger partial charge in [0.2, 0.25) is 0 Å². The summed E-state index contributed by atoms with van der Waals surface area (Å²) in [5, 5.41) is 4.81. The molecule has 0 fully saturated rings. The van der Waals surface area contributed by atoms with E-state index in [1.807, 2.05) is 35.1 Å². The minimum absolute atomic E-state index is 0.268. The summed E-state index contributed by atoms with van der Waals surface area (Å²) >= 11 is 20.0. The SMILES string of the molecule is CCOc1ccc2c(c1)NC(C)(C)c1sn(-c3ccc(Cl)cc3Cl)c(=S)c1-2. The maximum absolute atomic E-state index is 6.45. The molecule has 140 valence electrons. The number of rotatable bonds is 3. The van der Waals surface area contributed by atoms with Crippen molar-refractivity contribution in [2.45, 2.75) is 26.3 Å². The standard InChI is InChI=1S/C20H18Cl2N2OS2/c1-4-25-12-6-7-13-15(10-12)23-20(2,3)18-17(13)19(26)24(27-18)16-8-5-11(21)9-14(16)22/h5-10,23H,4H2,1-3H3. The summed E-state index contributed by atoms with van der Waals surface area (Å²) in [5.74, 6) is 0.845. The average Bonchev–Trinajstić information content (AvgIpc) is 2.94. The average molecular weight is 437 g/mol. The zero-order valence-electron chi connectivity index (χ0n) is 15.1. The molecule has 0 bridgehead atoms. The molecular weight excluding hydrogens is 419 g/mol. The van der Waals surface area contributed by atoms with E-state index in [9.17, 15) is 0 Å². The van der Waals surface area contributed by atoms with E-state index in [0.717, 1.165) is 32.9 Å². The summed E-state index contributed by atoms with van der Waals surface area (Å²) in [5.41, 5.74) is 3.75. The number of aromatic nitrogens is 1. The number of anilines is 1. The van der Waals surface area contributed by atoms with Gasteiger partial charge in [0.15, 0.2) is 0 Å². The molecule has 7 heteroatoms. The van der Waals surface area contributed by atoms with Crippen LogP contribution < -0.4 is 10.1 Å². The van der Waals surface area contributed by atoms with E-state index in [-0.39, 0.29) is 5.54 Å². The van der Waals surface area contributed by atoms with Gasteiger partial charge in [-0.3, -0.25) is 3.96 Å². The molecule has 0 saturated heterocycles. The molecule has 0 spiro atoms. The Morgan fingerprint density at radius 2 is 1.96 bits per heavy atom. The van der Waals surface area contributed by atoms with Crippen molar-refractivity contribution in [2.24, 2.45) is 0 Å². The summed E-state index contributed by atoms with van der Waals surface area (Å²) in [6, 6.07) is 11.6. The van der Waals surface area contributed by atoms with Gasteiger partial charge < -0.3 is 10.1 Å². The van der Waals surface area contributed by atoms with Crippen LogP contribution in [-0.4, -0.2) is 10.6 Å². The summed E-state index contributed by atoms with van der Waals surface area (Å²) in [6.45, 7) is 6.92. The minimum Gasteiger partial charge on any atom is -0.494 e. The predicted molar refractivity (Wildman–Crippen MR) is 118 cm³/mol. The number of hydrogen-bond donors (Lipinski definition) is 1. The van der Waals surface area contributed by atoms with Crippen molar-refractivity contribution in [3.63, 3.8) is 0 Å². The minimum atomic E-state index is -0.268. The molecule has 0 aliphatic carbocycles. The Balaban J connectivity index is 1.95. The first-order chi connectivity index (χ1) is 12.8. The summed E-state index contributed by atoms with van der Waals surface area (Å²) < 4.78 is 8.42. The highest BCUT2D eigenvalue weighted by Gasteiger charge is 2.35. The van der Waals surface area contributed by atoms with E-state index in [0.29, 0.717) is 16.7 Å². The number of hydrogen-bond acceptors (Lipinski definition) is 4. The lowest BCUT2D eigenvalue weighted by molar-refractivity contribution is 0.340. The lowest BCUT2D eigenvalue weighted by atomic mass is 9.90. The Kier molecular flexibility index (Phi) is 4.75. The quantitative estimate of drug-likeness (QED) is 0.436. The van der Waals surface area contributed by atoms with Crippen LogP contribution in [0.15, 0.2) is 36.4 Å². The molecule has 3 nitrogen and oxygen atoms in total. The molecule has 0 radical (unpaired) electrons. The first-order valence-electron chi connectivity index (χ1n) is 8.59. The molecule has 2 heterocycles. The van der Waals surface area contributed by atoms with E-state index >= 15 is 0 Å². The topological polar surface area (TPSA) is 26.2 Å². The van der Waals surface area contributed by atoms with Crippen molar-refractivity contribution in [1.29, 1.82) is 0 Å². The van der Waals surface area contributed by atoms with Crippen molar-refractivity contribution in [3.8, 4) is 22.6 Å². The second kappa shape index (κ2) is 6.82. The molecule has 0 saturated carbocycles. The van der Waals surface area contributed by atoms with Crippen molar-refractivity contribution < 1.29 is 4.74 Å². The van der Waals surface area contributed by atoms with E-state index in [1.165, 1.54) is 4.88 Å². The van der Waals surface area contributed by atoms with Gasteiger partial charge in [-0.05, 0) is 51.1 Å². The molecule has 1 aliphatic rings. The zero-order valence-corrected chi connectivity index (χ0v) is 18.2. The molecule has 1 aliphatic heterocycles. The third kappa shape index (κ3) is 3.17. The van der Waals surface area contributed by atoms with Crippen molar-refractivity contribution in [3.05, 3.63) is 56.0 Å². The molecule has 4 rings (SSSR count). The van der Waals surface area contributed by atoms with Gasteiger partial charge in [-0.2, -0.15) is 0 Å². The first-order valence-corrected chi connectivity index (χ1v) is 10.5. The van der Waals surface area contributed by atoms with Crippen LogP contribution in [0.25, 0.3) is 16.8 Å². The Morgan fingerprint density at radius 1 is 1.19 bits per heavy atom. The monoisotopic (exact) mass is 436 g/mol. The Bertz CT molecular complexity index is 1100. The summed E-state index contributed by atoms with van der Waals surface area (Å²) in [4.78, 5) is 1.18. The van der Waals surface area contributed by atoms with Gasteiger partial charge in [-0.15, -0.1) is 0 Å². The van der Waals surface area contributed by atoms with Crippen LogP contribution in [0.5, 0.6) is 5.75 Å². The van der Waals surface area contributed by atoms with Crippen LogP contribution >= 0.6 is 47.0 Å². The maximum atomic E-state index is 6.45. The van der Waals surface area contributed by atoms with Crippen LogP contribution in [0.4, 0.5) is 5.69 Å². The van der Waals surface area contributed by atoms with Gasteiger partial charge >= 0.3 is 0 Å². The summed E-state index contributed by atoms with van der Waals surface area (Å²) in [6.07, 6.45) is 0. The third-order valence-electron chi connectivity index (χ3n) is 4.52. The van der Waals surface area contributed by atoms with Crippen LogP contribution in [0.3, 0.4) is 0 Å². The second-order valence-corrected chi connectivity index (χ2v) is 9.07. The summed E-state index contributed by atoms with van der Waals surface area (Å²) in [7, 11) is 0. The zero-order chi connectivity index (χ0) is 19.3. The van der Waals surface area contributed by atoms with Gasteiger partial charge in [-0.25, -0.2) is 0 Å². The van der Waals surface area contributed by atoms with Crippen LogP contribution in [0, 0.1) is 4.64 Å². The fraction of sp³-hybridized carbons (Fsp3) is 0.250. The molecule has 3 aromatic rings. The number of ether oxygens (including phenoxy) is 1. The predicted octanol–water partition coefficient (Wildman–Crippen LogP) is 7.30. The smallest absolute Gasteiger partial charge is 0.129 e. The largest absolute Gasteiger partial charge is 0.494 e. The second-order valence-electron chi connectivity index (χ2n) is 6.88. The fourth-order valence-corrected chi connectivity index (χ4v) is 5.56. The molecule has 0 amide bonds. The number of benzene rings is 2. The fourth-order valence-electron chi connectivity index (χ4n) is 3.34. The molecule has 1 aromatic heterocycles. The van der Waals surface area contributed by atoms with E-state index in [4.69, 9.17) is 40.2 Å². The number of nitrogens with one attached hydrogen (secondary N) is 1. The Labute approximate surface area is 177 Å². The molecule has 0 unspecified atom stereocenters.